The summed E-state index contributed by atoms with van der Waals surface area (Å²) in [5, 5.41) is 7.59. The summed E-state index contributed by atoms with van der Waals surface area (Å²) in [4.78, 5) is 41.0. The van der Waals surface area contributed by atoms with E-state index in [9.17, 15) is 14.4 Å². The van der Waals surface area contributed by atoms with Gasteiger partial charge >= 0.3 is 5.97 Å². The van der Waals surface area contributed by atoms with E-state index < -0.39 is 0 Å². The molecule has 11 heteroatoms. The van der Waals surface area contributed by atoms with Gasteiger partial charge in [-0.3, -0.25) is 19.8 Å². The first-order valence-electron chi connectivity index (χ1n) is 12.0. The number of esters is 1. The van der Waals surface area contributed by atoms with Gasteiger partial charge in [-0.25, -0.2) is 0 Å². The molecule has 1 fully saturated rings. The monoisotopic (exact) mass is 542 g/mol. The number of benzene rings is 2. The number of carbonyl (C=O) groups is 3. The Morgan fingerprint density at radius 1 is 1.05 bits per heavy atom. The zero-order valence-electron chi connectivity index (χ0n) is 21.1. The number of amidine groups is 1. The van der Waals surface area contributed by atoms with Gasteiger partial charge in [0.05, 0.1) is 32.4 Å². The Morgan fingerprint density at radius 3 is 2.32 bits per heavy atom. The van der Waals surface area contributed by atoms with Crippen LogP contribution in [0.3, 0.4) is 0 Å². The number of rotatable bonds is 9. The minimum absolute atomic E-state index is 0. The molecule has 2 aromatic carbocycles. The summed E-state index contributed by atoms with van der Waals surface area (Å²) in [6.07, 6.45) is 0.783. The van der Waals surface area contributed by atoms with E-state index in [0.717, 1.165) is 5.56 Å². The lowest BCUT2D eigenvalue weighted by Crippen LogP contribution is -2.42. The number of nitrogens with zero attached hydrogens (tertiary/aromatic N) is 2. The van der Waals surface area contributed by atoms with E-state index >= 15 is 0 Å². The van der Waals surface area contributed by atoms with Crippen molar-refractivity contribution in [2.75, 3.05) is 51.5 Å². The van der Waals surface area contributed by atoms with Gasteiger partial charge in [0, 0.05) is 30.8 Å². The Morgan fingerprint density at radius 2 is 1.71 bits per heavy atom. The highest BCUT2D eigenvalue weighted by molar-refractivity contribution is 6.29. The number of ether oxygens (including phenoxy) is 3. The smallest absolute Gasteiger partial charge is 0.305 e. The number of aryl methyl sites for hydroxylation is 1. The van der Waals surface area contributed by atoms with Gasteiger partial charge in [0.15, 0.2) is 6.61 Å². The molecule has 202 valence electrons. The molecule has 0 bridgehead atoms. The maximum atomic E-state index is 13.6. The van der Waals surface area contributed by atoms with Crippen molar-refractivity contribution in [2.45, 2.75) is 12.8 Å². The topological polar surface area (TPSA) is 135 Å². The summed E-state index contributed by atoms with van der Waals surface area (Å²) >= 11 is 0. The average molecular weight is 543 g/mol. The van der Waals surface area contributed by atoms with Gasteiger partial charge in [0.1, 0.15) is 11.6 Å². The number of amides is 2. The molecule has 2 aromatic rings. The first kappa shape index (κ1) is 28.7. The largest absolute Gasteiger partial charge is 0.485 e. The van der Waals surface area contributed by atoms with Crippen LogP contribution in [0, 0.1) is 5.41 Å². The van der Waals surface area contributed by atoms with Crippen LogP contribution in [0.2, 0.25) is 0 Å². The Labute approximate surface area is 227 Å². The fraction of sp³-hybridized carbons (Fsp3) is 0.333. The molecule has 0 spiro atoms. The van der Waals surface area contributed by atoms with Gasteiger partial charge in [0.2, 0.25) is 0 Å². The second kappa shape index (κ2) is 13.1. The lowest BCUT2D eigenvalue weighted by molar-refractivity contribution is -0.140. The zero-order valence-corrected chi connectivity index (χ0v) is 21.9. The van der Waals surface area contributed by atoms with E-state index in [1.165, 1.54) is 7.11 Å². The van der Waals surface area contributed by atoms with E-state index in [-0.39, 0.29) is 55.6 Å². The van der Waals surface area contributed by atoms with Crippen molar-refractivity contribution in [3.63, 3.8) is 0 Å². The average Bonchev–Trinajstić information content (AvgIpc) is 3.26. The summed E-state index contributed by atoms with van der Waals surface area (Å²) < 4.78 is 16.0. The van der Waals surface area contributed by atoms with Crippen molar-refractivity contribution in [3.8, 4) is 0 Å². The Balaban J connectivity index is 0.00000400. The molecule has 0 aromatic heterocycles. The fourth-order valence-corrected chi connectivity index (χ4v) is 4.22. The van der Waals surface area contributed by atoms with Crippen LogP contribution < -0.4 is 10.6 Å². The van der Waals surface area contributed by atoms with Crippen molar-refractivity contribution in [3.05, 3.63) is 71.0 Å². The molecule has 0 unspecified atom stereocenters. The number of halogens is 1. The second-order valence-electron chi connectivity index (χ2n) is 8.70. The highest BCUT2D eigenvalue weighted by Crippen LogP contribution is 2.33. The number of methoxy groups -OCH3 is 1. The molecule has 0 aliphatic carbocycles. The van der Waals surface area contributed by atoms with Crippen LogP contribution in [0.4, 0.5) is 5.69 Å². The van der Waals surface area contributed by atoms with Crippen molar-refractivity contribution < 1.29 is 28.6 Å². The van der Waals surface area contributed by atoms with Crippen LogP contribution in [-0.2, 0) is 35.0 Å². The molecule has 3 N–H and O–H groups in total. The van der Waals surface area contributed by atoms with Crippen molar-refractivity contribution >= 4 is 47.3 Å². The summed E-state index contributed by atoms with van der Waals surface area (Å²) in [6, 6.07) is 14.2. The minimum Gasteiger partial charge on any atom is -0.485 e. The molecule has 2 aliphatic heterocycles. The molecular formula is C27H31ClN4O6. The fourth-order valence-electron chi connectivity index (χ4n) is 4.22. The highest BCUT2D eigenvalue weighted by atomic mass is 35.5. The molecule has 2 heterocycles. The van der Waals surface area contributed by atoms with Gasteiger partial charge < -0.3 is 29.7 Å². The number of hydrogen-bond donors (Lipinski definition) is 2. The third-order valence-corrected chi connectivity index (χ3v) is 6.35. The first-order chi connectivity index (χ1) is 17.9. The Kier molecular flexibility index (Phi) is 9.86. The van der Waals surface area contributed by atoms with Gasteiger partial charge in [-0.05, 0) is 41.8 Å². The lowest BCUT2D eigenvalue weighted by atomic mass is 10.0. The number of anilines is 1. The van der Waals surface area contributed by atoms with Crippen LogP contribution in [0.15, 0.2) is 54.3 Å². The minimum atomic E-state index is -0.287. The maximum absolute atomic E-state index is 13.6. The standard InChI is InChI=1S/C27H30N4O6.ClH/c1-35-24(33)11-4-18-2-5-19(6-3-18)25-22(37-17-23(32)30-12-14-36-15-13-30)16-31(27(25)34)21-9-7-20(8-10-21)26(28)29;/h2-3,5-10H,4,11-17H2,1H3,(H3,28,29);1H. The van der Waals surface area contributed by atoms with E-state index in [4.69, 9.17) is 25.4 Å². The SMILES string of the molecule is COC(=O)CCc1ccc(C2=C(OCC(=O)N3CCOCC3)CN(c3ccc(C(=N)N)cc3)C2=O)cc1.Cl. The molecule has 10 nitrogen and oxygen atoms in total. The first-order valence-corrected chi connectivity index (χ1v) is 12.0. The molecule has 1 saturated heterocycles. The molecule has 4 rings (SSSR count). The molecule has 2 aliphatic rings. The van der Waals surface area contributed by atoms with Gasteiger partial charge in [0.25, 0.3) is 11.8 Å². The number of morpholine rings is 1. The Hall–Kier alpha value is -3.89. The zero-order chi connectivity index (χ0) is 26.4. The van der Waals surface area contributed by atoms with E-state index in [1.807, 2.05) is 24.3 Å². The maximum Gasteiger partial charge on any atom is 0.305 e. The van der Waals surface area contributed by atoms with Gasteiger partial charge in [-0.2, -0.15) is 0 Å². The van der Waals surface area contributed by atoms with Crippen molar-refractivity contribution in [1.29, 1.82) is 5.41 Å². The lowest BCUT2D eigenvalue weighted by Gasteiger charge is -2.26. The quantitative estimate of drug-likeness (QED) is 0.281. The molecule has 0 radical (unpaired) electrons. The summed E-state index contributed by atoms with van der Waals surface area (Å²) in [7, 11) is 1.36. The Bertz CT molecular complexity index is 1210. The predicted octanol–water partition coefficient (Wildman–Crippen LogP) is 2.13. The normalized spacial score (nSPS) is 15.2. The second-order valence-corrected chi connectivity index (χ2v) is 8.70. The van der Waals surface area contributed by atoms with Crippen LogP contribution >= 0.6 is 12.4 Å². The molecule has 0 saturated carbocycles. The number of nitrogens with one attached hydrogen (secondary N) is 1. The van der Waals surface area contributed by atoms with E-state index in [2.05, 4.69) is 0 Å². The third-order valence-electron chi connectivity index (χ3n) is 6.35. The number of hydrogen-bond acceptors (Lipinski definition) is 7. The van der Waals surface area contributed by atoms with Crippen LogP contribution in [0.1, 0.15) is 23.1 Å². The third kappa shape index (κ3) is 6.70. The van der Waals surface area contributed by atoms with Gasteiger partial charge in [-0.1, -0.05) is 24.3 Å². The number of nitrogen functional groups attached to an aromatic ring is 1. The van der Waals surface area contributed by atoms with E-state index in [0.29, 0.717) is 60.9 Å². The molecule has 0 atom stereocenters. The molecule has 38 heavy (non-hydrogen) atoms. The predicted molar refractivity (Wildman–Crippen MR) is 144 cm³/mol. The van der Waals surface area contributed by atoms with Crippen LogP contribution in [-0.4, -0.2) is 75.1 Å². The summed E-state index contributed by atoms with van der Waals surface area (Å²) in [5.74, 6) is -0.359. The molecular weight excluding hydrogens is 512 g/mol. The van der Waals surface area contributed by atoms with Gasteiger partial charge in [-0.15, -0.1) is 12.4 Å². The summed E-state index contributed by atoms with van der Waals surface area (Å²) in [6.45, 7) is 1.98. The van der Waals surface area contributed by atoms with Crippen molar-refractivity contribution in [2.24, 2.45) is 5.73 Å². The van der Waals surface area contributed by atoms with Crippen LogP contribution in [0.25, 0.3) is 5.57 Å². The number of carbonyl (C=O) groups excluding carboxylic acids is 3. The number of nitrogens with two attached hydrogens (primary N) is 1. The summed E-state index contributed by atoms with van der Waals surface area (Å²) in [5.41, 5.74) is 8.70. The van der Waals surface area contributed by atoms with Crippen LogP contribution in [0.5, 0.6) is 0 Å². The molecule has 2 amide bonds. The highest BCUT2D eigenvalue weighted by Gasteiger charge is 2.34. The van der Waals surface area contributed by atoms with E-state index in [1.54, 1.807) is 34.1 Å². The van der Waals surface area contributed by atoms with Crippen molar-refractivity contribution in [1.82, 2.24) is 4.90 Å².